The highest BCUT2D eigenvalue weighted by Crippen LogP contribution is 2.35. The normalized spacial score (nSPS) is 18.9. The predicted octanol–water partition coefficient (Wildman–Crippen LogP) is 3.47. The summed E-state index contributed by atoms with van der Waals surface area (Å²) in [5, 5.41) is 13.2. The fourth-order valence-electron chi connectivity index (χ4n) is 3.17. The van der Waals surface area contributed by atoms with Gasteiger partial charge >= 0.3 is 0 Å². The summed E-state index contributed by atoms with van der Waals surface area (Å²) in [6, 6.07) is 8.69. The maximum Gasteiger partial charge on any atom is 0.255 e. The summed E-state index contributed by atoms with van der Waals surface area (Å²) in [7, 11) is 0. The summed E-state index contributed by atoms with van der Waals surface area (Å²) in [5.41, 5.74) is 1.67. The van der Waals surface area contributed by atoms with E-state index in [1.54, 1.807) is 47.1 Å². The lowest BCUT2D eigenvalue weighted by atomic mass is 9.89. The number of pyridine rings is 1. The molecule has 6 nitrogen and oxygen atoms in total. The third kappa shape index (κ3) is 3.48. The van der Waals surface area contributed by atoms with Gasteiger partial charge in [-0.2, -0.15) is 0 Å². The molecule has 1 aliphatic carbocycles. The van der Waals surface area contributed by atoms with E-state index in [9.17, 15) is 9.90 Å². The number of imidazole rings is 1. The Bertz CT molecular complexity index is 999. The zero-order valence-corrected chi connectivity index (χ0v) is 15.7. The molecule has 4 rings (SSSR count). The van der Waals surface area contributed by atoms with Crippen molar-refractivity contribution in [2.24, 2.45) is 0 Å². The molecule has 1 amide bonds. The number of rotatable bonds is 5. The molecular formula is C19H17Cl2N3O3. The molecule has 1 aromatic carbocycles. The van der Waals surface area contributed by atoms with E-state index in [0.29, 0.717) is 45.5 Å². The smallest absolute Gasteiger partial charge is 0.255 e. The third-order valence-electron chi connectivity index (χ3n) is 4.68. The standard InChI is InChI=1S/C19H17Cl2N3O3/c20-15-2-1-3-16(17(15)21)27-13-8-11(9-13)23-19(26)14-5-4-12(10-25)24-7-6-22-18(14)24/h1-7,11,13,25H,8-10H2,(H,23,26). The number of nitrogens with zero attached hydrogens (tertiary/aromatic N) is 2. The average molecular weight is 406 g/mol. The highest BCUT2D eigenvalue weighted by Gasteiger charge is 2.33. The van der Waals surface area contributed by atoms with Crippen LogP contribution in [-0.4, -0.2) is 32.5 Å². The van der Waals surface area contributed by atoms with Gasteiger partial charge in [0.05, 0.1) is 17.2 Å². The van der Waals surface area contributed by atoms with Crippen molar-refractivity contribution in [2.45, 2.75) is 31.6 Å². The zero-order chi connectivity index (χ0) is 19.0. The van der Waals surface area contributed by atoms with Crippen molar-refractivity contribution in [2.75, 3.05) is 0 Å². The molecule has 2 heterocycles. The maximum atomic E-state index is 12.6. The quantitative estimate of drug-likeness (QED) is 0.681. The Morgan fingerprint density at radius 2 is 2.11 bits per heavy atom. The van der Waals surface area contributed by atoms with Gasteiger partial charge in [-0.15, -0.1) is 0 Å². The van der Waals surface area contributed by atoms with Crippen LogP contribution in [0.25, 0.3) is 5.65 Å². The number of amides is 1. The number of aliphatic hydroxyl groups excluding tert-OH is 1. The second-order valence-corrected chi connectivity index (χ2v) is 7.24. The first-order valence-corrected chi connectivity index (χ1v) is 9.29. The summed E-state index contributed by atoms with van der Waals surface area (Å²) in [6.07, 6.45) is 4.68. The number of halogens is 2. The van der Waals surface area contributed by atoms with E-state index < -0.39 is 0 Å². The lowest BCUT2D eigenvalue weighted by Gasteiger charge is -2.36. The van der Waals surface area contributed by atoms with E-state index in [1.165, 1.54) is 0 Å². The summed E-state index contributed by atoms with van der Waals surface area (Å²) < 4.78 is 7.57. The minimum absolute atomic E-state index is 0.0190. The van der Waals surface area contributed by atoms with E-state index in [-0.39, 0.29) is 24.7 Å². The molecule has 0 unspecified atom stereocenters. The molecule has 27 heavy (non-hydrogen) atoms. The molecule has 1 aliphatic rings. The number of carbonyl (C=O) groups excluding carboxylic acids is 1. The summed E-state index contributed by atoms with van der Waals surface area (Å²) in [4.78, 5) is 16.8. The number of carbonyl (C=O) groups is 1. The second kappa shape index (κ2) is 7.38. The van der Waals surface area contributed by atoms with Gasteiger partial charge in [0.25, 0.3) is 5.91 Å². The Balaban J connectivity index is 1.38. The fraction of sp³-hybridized carbons (Fsp3) is 0.263. The molecule has 140 valence electrons. The largest absolute Gasteiger partial charge is 0.489 e. The molecule has 0 spiro atoms. The number of aliphatic hydroxyl groups is 1. The first-order valence-electron chi connectivity index (χ1n) is 8.54. The molecule has 0 aliphatic heterocycles. The molecule has 0 bridgehead atoms. The molecule has 0 atom stereocenters. The van der Waals surface area contributed by atoms with Gasteiger partial charge in [-0.25, -0.2) is 4.98 Å². The summed E-state index contributed by atoms with van der Waals surface area (Å²) in [6.45, 7) is -0.123. The molecule has 8 heteroatoms. The predicted molar refractivity (Wildman–Crippen MR) is 102 cm³/mol. The van der Waals surface area contributed by atoms with Crippen LogP contribution >= 0.6 is 23.2 Å². The Labute approximate surface area is 165 Å². The van der Waals surface area contributed by atoms with Gasteiger partial charge in [-0.05, 0) is 24.3 Å². The average Bonchev–Trinajstić information content (AvgIpc) is 3.12. The molecular weight excluding hydrogens is 389 g/mol. The van der Waals surface area contributed by atoms with Crippen LogP contribution in [-0.2, 0) is 6.61 Å². The molecule has 0 radical (unpaired) electrons. The molecule has 1 fully saturated rings. The van der Waals surface area contributed by atoms with Crippen molar-refractivity contribution in [3.8, 4) is 5.75 Å². The van der Waals surface area contributed by atoms with E-state index in [4.69, 9.17) is 27.9 Å². The monoisotopic (exact) mass is 405 g/mol. The number of hydrogen-bond acceptors (Lipinski definition) is 4. The van der Waals surface area contributed by atoms with Crippen LogP contribution in [0.1, 0.15) is 28.9 Å². The van der Waals surface area contributed by atoms with Crippen molar-refractivity contribution < 1.29 is 14.6 Å². The molecule has 0 saturated heterocycles. The number of hydrogen-bond donors (Lipinski definition) is 2. The van der Waals surface area contributed by atoms with E-state index in [1.807, 2.05) is 0 Å². The lowest BCUT2D eigenvalue weighted by molar-refractivity contribution is 0.0702. The number of ether oxygens (including phenoxy) is 1. The zero-order valence-electron chi connectivity index (χ0n) is 14.2. The van der Waals surface area contributed by atoms with Crippen LogP contribution in [0.2, 0.25) is 10.0 Å². The lowest BCUT2D eigenvalue weighted by Crippen LogP contribution is -2.49. The van der Waals surface area contributed by atoms with Gasteiger partial charge in [0.15, 0.2) is 0 Å². The van der Waals surface area contributed by atoms with Crippen LogP contribution < -0.4 is 10.1 Å². The van der Waals surface area contributed by atoms with Gasteiger partial charge in [-0.1, -0.05) is 29.3 Å². The highest BCUT2D eigenvalue weighted by atomic mass is 35.5. The van der Waals surface area contributed by atoms with Crippen LogP contribution in [0.15, 0.2) is 42.7 Å². The summed E-state index contributed by atoms with van der Waals surface area (Å²) >= 11 is 12.1. The number of aromatic nitrogens is 2. The Morgan fingerprint density at radius 1 is 1.30 bits per heavy atom. The van der Waals surface area contributed by atoms with Crippen molar-refractivity contribution in [3.63, 3.8) is 0 Å². The Kier molecular flexibility index (Phi) is 4.95. The number of benzene rings is 1. The van der Waals surface area contributed by atoms with Gasteiger partial charge < -0.3 is 19.6 Å². The highest BCUT2D eigenvalue weighted by molar-refractivity contribution is 6.42. The van der Waals surface area contributed by atoms with E-state index in [2.05, 4.69) is 10.3 Å². The van der Waals surface area contributed by atoms with Crippen molar-refractivity contribution >= 4 is 34.8 Å². The number of nitrogens with one attached hydrogen (secondary N) is 1. The van der Waals surface area contributed by atoms with E-state index in [0.717, 1.165) is 0 Å². The third-order valence-corrected chi connectivity index (χ3v) is 5.48. The van der Waals surface area contributed by atoms with Crippen molar-refractivity contribution in [3.05, 3.63) is 64.0 Å². The molecule has 2 aromatic heterocycles. The van der Waals surface area contributed by atoms with Crippen LogP contribution in [0.3, 0.4) is 0 Å². The first-order chi connectivity index (χ1) is 13.1. The van der Waals surface area contributed by atoms with Crippen molar-refractivity contribution in [1.29, 1.82) is 0 Å². The SMILES string of the molecule is O=C(NC1CC(Oc2cccc(Cl)c2Cl)C1)c1ccc(CO)n2ccnc12. The minimum Gasteiger partial charge on any atom is -0.489 e. The summed E-state index contributed by atoms with van der Waals surface area (Å²) in [5.74, 6) is 0.359. The van der Waals surface area contributed by atoms with Crippen LogP contribution in [0, 0.1) is 0 Å². The van der Waals surface area contributed by atoms with E-state index >= 15 is 0 Å². The van der Waals surface area contributed by atoms with Gasteiger partial charge in [0.1, 0.15) is 22.5 Å². The van der Waals surface area contributed by atoms with Gasteiger partial charge in [0, 0.05) is 37.0 Å². The maximum absolute atomic E-state index is 12.6. The first kappa shape index (κ1) is 18.1. The van der Waals surface area contributed by atoms with Crippen LogP contribution in [0.5, 0.6) is 5.75 Å². The molecule has 3 aromatic rings. The van der Waals surface area contributed by atoms with Gasteiger partial charge in [0.2, 0.25) is 0 Å². The minimum atomic E-state index is -0.195. The Hall–Kier alpha value is -2.28. The topological polar surface area (TPSA) is 75.9 Å². The molecule has 1 saturated carbocycles. The Morgan fingerprint density at radius 3 is 2.89 bits per heavy atom. The second-order valence-electron chi connectivity index (χ2n) is 6.45. The van der Waals surface area contributed by atoms with Crippen molar-refractivity contribution in [1.82, 2.24) is 14.7 Å². The fourth-order valence-corrected chi connectivity index (χ4v) is 3.51. The van der Waals surface area contributed by atoms with Crippen LogP contribution in [0.4, 0.5) is 0 Å². The number of fused-ring (bicyclic) bond motifs is 1. The molecule has 2 N–H and O–H groups in total. The van der Waals surface area contributed by atoms with Gasteiger partial charge in [-0.3, -0.25) is 4.79 Å².